The number of nitrogens with zero attached hydrogens (tertiary/aromatic N) is 1. The fourth-order valence-corrected chi connectivity index (χ4v) is 6.04. The maximum absolute atomic E-state index is 6.14. The summed E-state index contributed by atoms with van der Waals surface area (Å²) in [4.78, 5) is 0. The van der Waals surface area contributed by atoms with E-state index in [0.717, 1.165) is 39.1 Å². The maximum atomic E-state index is 6.14. The molecule has 0 spiro atoms. The van der Waals surface area contributed by atoms with Crippen LogP contribution in [0.15, 0.2) is 0 Å². The molecule has 4 heteroatoms. The molecule has 0 atom stereocenters. The van der Waals surface area contributed by atoms with Crippen molar-refractivity contribution in [1.29, 1.82) is 0 Å². The van der Waals surface area contributed by atoms with Gasteiger partial charge in [0.2, 0.25) is 0 Å². The third-order valence-electron chi connectivity index (χ3n) is 2.86. The SMILES string of the molecule is CCCN(CCC)[Si](OCC)(OCC)C(C)C. The van der Waals surface area contributed by atoms with E-state index in [0.29, 0.717) is 5.54 Å². The fraction of sp³-hybridized carbons (Fsp3) is 1.00. The summed E-state index contributed by atoms with van der Waals surface area (Å²) < 4.78 is 14.8. The summed E-state index contributed by atoms with van der Waals surface area (Å²) in [5.74, 6) is 0. The Morgan fingerprint density at radius 2 is 1.29 bits per heavy atom. The molecule has 0 rings (SSSR count). The van der Waals surface area contributed by atoms with Gasteiger partial charge in [-0.25, -0.2) is 0 Å². The highest BCUT2D eigenvalue weighted by molar-refractivity contribution is 6.66. The van der Waals surface area contributed by atoms with E-state index in [1.165, 1.54) is 0 Å². The van der Waals surface area contributed by atoms with Crippen LogP contribution in [-0.4, -0.2) is 39.6 Å². The van der Waals surface area contributed by atoms with Gasteiger partial charge in [0.05, 0.1) is 0 Å². The van der Waals surface area contributed by atoms with Gasteiger partial charge in [-0.05, 0) is 39.8 Å². The molecule has 0 saturated heterocycles. The molecule has 0 aromatic carbocycles. The fourth-order valence-electron chi connectivity index (χ4n) is 2.30. The van der Waals surface area contributed by atoms with E-state index in [4.69, 9.17) is 8.85 Å². The molecule has 17 heavy (non-hydrogen) atoms. The third kappa shape index (κ3) is 4.70. The van der Waals surface area contributed by atoms with E-state index in [1.54, 1.807) is 0 Å². The summed E-state index contributed by atoms with van der Waals surface area (Å²) in [6.45, 7) is 16.7. The second kappa shape index (κ2) is 9.08. The Morgan fingerprint density at radius 3 is 1.53 bits per heavy atom. The van der Waals surface area contributed by atoms with Crippen LogP contribution in [0.5, 0.6) is 0 Å². The lowest BCUT2D eigenvalue weighted by Gasteiger charge is -2.42. The predicted molar refractivity (Wildman–Crippen MR) is 76.3 cm³/mol. The summed E-state index contributed by atoms with van der Waals surface area (Å²) in [6.07, 6.45) is 2.31. The average molecular weight is 261 g/mol. The first kappa shape index (κ1) is 17.1. The zero-order valence-electron chi connectivity index (χ0n) is 12.6. The van der Waals surface area contributed by atoms with Gasteiger partial charge in [-0.1, -0.05) is 27.7 Å². The minimum atomic E-state index is -2.21. The molecule has 0 aliphatic heterocycles. The molecule has 0 unspecified atom stereocenters. The maximum Gasteiger partial charge on any atom is 0.430 e. The van der Waals surface area contributed by atoms with Gasteiger partial charge >= 0.3 is 8.72 Å². The van der Waals surface area contributed by atoms with E-state index in [-0.39, 0.29) is 0 Å². The van der Waals surface area contributed by atoms with Gasteiger partial charge in [0, 0.05) is 18.8 Å². The molecule has 3 nitrogen and oxygen atoms in total. The van der Waals surface area contributed by atoms with Crippen molar-refractivity contribution >= 4 is 8.72 Å². The van der Waals surface area contributed by atoms with E-state index < -0.39 is 8.72 Å². The highest BCUT2D eigenvalue weighted by atomic mass is 28.4. The summed E-state index contributed by atoms with van der Waals surface area (Å²) >= 11 is 0. The Morgan fingerprint density at radius 1 is 0.882 bits per heavy atom. The van der Waals surface area contributed by atoms with Gasteiger partial charge in [-0.2, -0.15) is 0 Å². The molecule has 0 N–H and O–H groups in total. The quantitative estimate of drug-likeness (QED) is 0.562. The Bertz CT molecular complexity index is 176. The smallest absolute Gasteiger partial charge is 0.383 e. The first-order valence-electron chi connectivity index (χ1n) is 7.11. The lowest BCUT2D eigenvalue weighted by atomic mass is 10.4. The van der Waals surface area contributed by atoms with Crippen molar-refractivity contribution in [1.82, 2.24) is 4.57 Å². The van der Waals surface area contributed by atoms with E-state index in [9.17, 15) is 0 Å². The Hall–Kier alpha value is 0.0969. The summed E-state index contributed by atoms with van der Waals surface area (Å²) in [6, 6.07) is 0. The standard InChI is InChI=1S/C13H31NO2Si/c1-7-11-14(12-8-2)17(13(5)6,15-9-3)16-10-4/h13H,7-12H2,1-6H3. The first-order chi connectivity index (χ1) is 8.08. The van der Waals surface area contributed by atoms with E-state index in [1.807, 2.05) is 0 Å². The van der Waals surface area contributed by atoms with Gasteiger partial charge < -0.3 is 8.85 Å². The van der Waals surface area contributed by atoms with Crippen LogP contribution in [0, 0.1) is 0 Å². The molecule has 0 bridgehead atoms. The lowest BCUT2D eigenvalue weighted by molar-refractivity contribution is 0.112. The Balaban J connectivity index is 5.02. The van der Waals surface area contributed by atoms with Crippen LogP contribution in [-0.2, 0) is 8.85 Å². The van der Waals surface area contributed by atoms with Crippen molar-refractivity contribution < 1.29 is 8.85 Å². The van der Waals surface area contributed by atoms with Gasteiger partial charge in [0.15, 0.2) is 0 Å². The topological polar surface area (TPSA) is 21.7 Å². The van der Waals surface area contributed by atoms with Crippen molar-refractivity contribution in [3.05, 3.63) is 0 Å². The van der Waals surface area contributed by atoms with Crippen LogP contribution in [0.1, 0.15) is 54.4 Å². The van der Waals surface area contributed by atoms with Crippen molar-refractivity contribution in [3.63, 3.8) is 0 Å². The molecule has 0 heterocycles. The second-order valence-electron chi connectivity index (χ2n) is 4.64. The van der Waals surface area contributed by atoms with Crippen LogP contribution < -0.4 is 0 Å². The largest absolute Gasteiger partial charge is 0.430 e. The van der Waals surface area contributed by atoms with Crippen LogP contribution >= 0.6 is 0 Å². The molecule has 0 amide bonds. The molecule has 0 aliphatic carbocycles. The van der Waals surface area contributed by atoms with Gasteiger partial charge in [0.1, 0.15) is 0 Å². The zero-order chi connectivity index (χ0) is 13.3. The van der Waals surface area contributed by atoms with Gasteiger partial charge in [-0.3, -0.25) is 4.57 Å². The molecule has 0 radical (unpaired) electrons. The Kier molecular flexibility index (Phi) is 9.14. The molecule has 0 aromatic heterocycles. The number of rotatable bonds is 10. The number of hydrogen-bond donors (Lipinski definition) is 0. The molecular formula is C13H31NO2Si. The second-order valence-corrected chi connectivity index (χ2v) is 8.26. The van der Waals surface area contributed by atoms with Crippen LogP contribution in [0.25, 0.3) is 0 Å². The van der Waals surface area contributed by atoms with Crippen molar-refractivity contribution in [2.24, 2.45) is 0 Å². The van der Waals surface area contributed by atoms with Crippen molar-refractivity contribution in [2.75, 3.05) is 26.3 Å². The van der Waals surface area contributed by atoms with Crippen LogP contribution in [0.3, 0.4) is 0 Å². The minimum absolute atomic E-state index is 0.459. The molecular weight excluding hydrogens is 230 g/mol. The molecule has 0 fully saturated rings. The first-order valence-corrected chi connectivity index (χ1v) is 8.95. The van der Waals surface area contributed by atoms with Crippen LogP contribution in [0.2, 0.25) is 5.54 Å². The third-order valence-corrected chi connectivity index (χ3v) is 7.05. The zero-order valence-corrected chi connectivity index (χ0v) is 13.6. The van der Waals surface area contributed by atoms with Gasteiger partial charge in [-0.15, -0.1) is 0 Å². The highest BCUT2D eigenvalue weighted by Crippen LogP contribution is 2.28. The van der Waals surface area contributed by atoms with Gasteiger partial charge in [0.25, 0.3) is 0 Å². The minimum Gasteiger partial charge on any atom is -0.383 e. The van der Waals surface area contributed by atoms with Crippen molar-refractivity contribution in [3.8, 4) is 0 Å². The molecule has 0 aliphatic rings. The predicted octanol–water partition coefficient (Wildman–Crippen LogP) is 3.53. The van der Waals surface area contributed by atoms with Crippen molar-refractivity contribution in [2.45, 2.75) is 59.9 Å². The summed E-state index contributed by atoms with van der Waals surface area (Å²) in [7, 11) is -2.21. The van der Waals surface area contributed by atoms with Crippen LogP contribution in [0.4, 0.5) is 0 Å². The van der Waals surface area contributed by atoms with E-state index in [2.05, 4.69) is 46.1 Å². The molecule has 104 valence electrons. The monoisotopic (exact) mass is 261 g/mol. The van der Waals surface area contributed by atoms with E-state index >= 15 is 0 Å². The molecule has 0 aromatic rings. The highest BCUT2D eigenvalue weighted by Gasteiger charge is 2.47. The summed E-state index contributed by atoms with van der Waals surface area (Å²) in [5, 5.41) is 0. The lowest BCUT2D eigenvalue weighted by Crippen LogP contribution is -2.61. The average Bonchev–Trinajstić information content (AvgIpc) is 2.28. The Labute approximate surface area is 109 Å². The summed E-state index contributed by atoms with van der Waals surface area (Å²) in [5.41, 5.74) is 0.459. The normalized spacial score (nSPS) is 12.7. The molecule has 0 saturated carbocycles. The number of hydrogen-bond acceptors (Lipinski definition) is 3.